The maximum absolute atomic E-state index is 13.2. The molecule has 4 rings (SSSR count). The van der Waals surface area contributed by atoms with Crippen molar-refractivity contribution in [1.82, 2.24) is 9.88 Å². The molecule has 0 aliphatic carbocycles. The molecule has 1 aliphatic rings. The molecule has 1 fully saturated rings. The molecule has 1 atom stereocenters. The van der Waals surface area contributed by atoms with Gasteiger partial charge in [0.25, 0.3) is 0 Å². The van der Waals surface area contributed by atoms with Crippen molar-refractivity contribution in [2.75, 3.05) is 13.1 Å². The van der Waals surface area contributed by atoms with E-state index in [2.05, 4.69) is 34.1 Å². The summed E-state index contributed by atoms with van der Waals surface area (Å²) in [6, 6.07) is 18.3. The van der Waals surface area contributed by atoms with E-state index in [0.29, 0.717) is 0 Å². The highest BCUT2D eigenvalue weighted by Gasteiger charge is 2.27. The summed E-state index contributed by atoms with van der Waals surface area (Å²) in [5, 5.41) is 2.20. The maximum Gasteiger partial charge on any atom is 0.167 e. The number of nitrogens with zero attached hydrogens (tertiary/aromatic N) is 2. The zero-order valence-electron chi connectivity index (χ0n) is 14.3. The van der Waals surface area contributed by atoms with E-state index >= 15 is 0 Å². The first-order valence-corrected chi connectivity index (χ1v) is 8.94. The van der Waals surface area contributed by atoms with Crippen LogP contribution in [0.2, 0.25) is 0 Å². The average Bonchev–Trinajstić information content (AvgIpc) is 2.68. The second-order valence-corrected chi connectivity index (χ2v) is 6.83. The number of fused-ring (bicyclic) bond motifs is 1. The SMILES string of the molecule is O=C(c1cccc2ccccc12)[C@@H]1CCCN(Cc2cccnc2)C1. The van der Waals surface area contributed by atoms with Crippen LogP contribution in [0.4, 0.5) is 0 Å². The lowest BCUT2D eigenvalue weighted by Crippen LogP contribution is -2.38. The molecule has 0 radical (unpaired) electrons. The summed E-state index contributed by atoms with van der Waals surface area (Å²) in [5.74, 6) is 0.365. The number of carbonyl (C=O) groups is 1. The molecule has 0 spiro atoms. The van der Waals surface area contributed by atoms with Crippen molar-refractivity contribution in [2.45, 2.75) is 19.4 Å². The molecule has 1 aliphatic heterocycles. The van der Waals surface area contributed by atoms with Gasteiger partial charge in [-0.15, -0.1) is 0 Å². The minimum atomic E-state index is 0.0798. The van der Waals surface area contributed by atoms with E-state index in [9.17, 15) is 4.79 Å². The van der Waals surface area contributed by atoms with E-state index in [1.54, 1.807) is 6.20 Å². The second-order valence-electron chi connectivity index (χ2n) is 6.83. The van der Waals surface area contributed by atoms with Crippen LogP contribution < -0.4 is 0 Å². The van der Waals surface area contributed by atoms with E-state index in [1.165, 1.54) is 5.56 Å². The average molecular weight is 330 g/mol. The molecule has 1 aromatic heterocycles. The summed E-state index contributed by atoms with van der Waals surface area (Å²) >= 11 is 0. The molecule has 2 aromatic carbocycles. The molecule has 25 heavy (non-hydrogen) atoms. The fraction of sp³-hybridized carbons (Fsp3) is 0.273. The molecule has 0 saturated carbocycles. The number of carbonyl (C=O) groups excluding carboxylic acids is 1. The monoisotopic (exact) mass is 330 g/mol. The highest BCUT2D eigenvalue weighted by Crippen LogP contribution is 2.26. The fourth-order valence-electron chi connectivity index (χ4n) is 3.82. The van der Waals surface area contributed by atoms with Crippen molar-refractivity contribution in [2.24, 2.45) is 5.92 Å². The van der Waals surface area contributed by atoms with Gasteiger partial charge in [0.2, 0.25) is 0 Å². The largest absolute Gasteiger partial charge is 0.298 e. The zero-order chi connectivity index (χ0) is 17.1. The quantitative estimate of drug-likeness (QED) is 0.668. The first-order valence-electron chi connectivity index (χ1n) is 8.94. The molecule has 3 nitrogen and oxygen atoms in total. The van der Waals surface area contributed by atoms with E-state index in [-0.39, 0.29) is 11.7 Å². The molecule has 0 bridgehead atoms. The number of ketones is 1. The number of benzene rings is 2. The molecule has 126 valence electrons. The van der Waals surface area contributed by atoms with Gasteiger partial charge in [-0.25, -0.2) is 0 Å². The third-order valence-corrected chi connectivity index (χ3v) is 5.06. The number of likely N-dealkylation sites (tertiary alicyclic amines) is 1. The molecule has 0 unspecified atom stereocenters. The number of Topliss-reactive ketones (excluding diaryl/α,β-unsaturated/α-hetero) is 1. The summed E-state index contributed by atoms with van der Waals surface area (Å²) in [6.07, 6.45) is 5.76. The first kappa shape index (κ1) is 16.0. The Bertz CT molecular complexity index is 870. The van der Waals surface area contributed by atoms with Crippen LogP contribution >= 0.6 is 0 Å². The van der Waals surface area contributed by atoms with Crippen molar-refractivity contribution < 1.29 is 4.79 Å². The lowest BCUT2D eigenvalue weighted by atomic mass is 9.88. The van der Waals surface area contributed by atoms with Gasteiger partial charge >= 0.3 is 0 Å². The van der Waals surface area contributed by atoms with Gasteiger partial charge in [-0.1, -0.05) is 48.5 Å². The van der Waals surface area contributed by atoms with Crippen LogP contribution in [0.15, 0.2) is 67.0 Å². The number of hydrogen-bond donors (Lipinski definition) is 0. The Morgan fingerprint density at radius 1 is 1.08 bits per heavy atom. The van der Waals surface area contributed by atoms with Gasteiger partial charge in [-0.2, -0.15) is 0 Å². The predicted octanol–water partition coefficient (Wildman–Crippen LogP) is 4.33. The zero-order valence-corrected chi connectivity index (χ0v) is 14.3. The lowest BCUT2D eigenvalue weighted by Gasteiger charge is -2.32. The molecule has 0 N–H and O–H groups in total. The molecule has 1 saturated heterocycles. The van der Waals surface area contributed by atoms with Gasteiger partial charge in [-0.3, -0.25) is 14.7 Å². The van der Waals surface area contributed by atoms with E-state index in [4.69, 9.17) is 0 Å². The summed E-state index contributed by atoms with van der Waals surface area (Å²) < 4.78 is 0. The molecule has 0 amide bonds. The van der Waals surface area contributed by atoms with Crippen LogP contribution in [0, 0.1) is 5.92 Å². The van der Waals surface area contributed by atoms with Crippen molar-refractivity contribution in [1.29, 1.82) is 0 Å². The van der Waals surface area contributed by atoms with Gasteiger partial charge in [0.1, 0.15) is 0 Å². The van der Waals surface area contributed by atoms with Crippen molar-refractivity contribution in [3.05, 3.63) is 78.1 Å². The second kappa shape index (κ2) is 7.16. The number of rotatable bonds is 4. The topological polar surface area (TPSA) is 33.2 Å². The first-order chi connectivity index (χ1) is 12.3. The molecule has 3 aromatic rings. The number of hydrogen-bond acceptors (Lipinski definition) is 3. The Labute approximate surface area is 148 Å². The van der Waals surface area contributed by atoms with Crippen molar-refractivity contribution >= 4 is 16.6 Å². The lowest BCUT2D eigenvalue weighted by molar-refractivity contribution is 0.0813. The minimum Gasteiger partial charge on any atom is -0.298 e. The number of aromatic nitrogens is 1. The van der Waals surface area contributed by atoms with Crippen LogP contribution in [-0.4, -0.2) is 28.8 Å². The van der Waals surface area contributed by atoms with Crippen LogP contribution in [-0.2, 0) is 6.54 Å². The van der Waals surface area contributed by atoms with E-state index in [0.717, 1.165) is 48.8 Å². The molecule has 3 heteroatoms. The fourth-order valence-corrected chi connectivity index (χ4v) is 3.82. The van der Waals surface area contributed by atoms with Crippen molar-refractivity contribution in [3.8, 4) is 0 Å². The van der Waals surface area contributed by atoms with E-state index < -0.39 is 0 Å². The van der Waals surface area contributed by atoms with Gasteiger partial charge in [0, 0.05) is 37.0 Å². The maximum atomic E-state index is 13.2. The van der Waals surface area contributed by atoms with Gasteiger partial charge < -0.3 is 0 Å². The standard InChI is InChI=1S/C22H22N2O/c25-22(21-11-3-8-18-7-1-2-10-20(18)21)19-9-5-13-24(16-19)15-17-6-4-12-23-14-17/h1-4,6-8,10-12,14,19H,5,9,13,15-16H2/t19-/m1/s1. The summed E-state index contributed by atoms with van der Waals surface area (Å²) in [6.45, 7) is 2.75. The minimum absolute atomic E-state index is 0.0798. The Morgan fingerprint density at radius 3 is 2.84 bits per heavy atom. The van der Waals surface area contributed by atoms with Crippen molar-refractivity contribution in [3.63, 3.8) is 0 Å². The molecule has 2 heterocycles. The Balaban J connectivity index is 1.53. The third-order valence-electron chi connectivity index (χ3n) is 5.06. The Morgan fingerprint density at radius 2 is 1.96 bits per heavy atom. The van der Waals surface area contributed by atoms with Gasteiger partial charge in [0.05, 0.1) is 0 Å². The number of piperidine rings is 1. The smallest absolute Gasteiger partial charge is 0.167 e. The Kier molecular flexibility index (Phi) is 4.57. The highest BCUT2D eigenvalue weighted by molar-refractivity contribution is 6.09. The van der Waals surface area contributed by atoms with Gasteiger partial charge in [0.15, 0.2) is 5.78 Å². The Hall–Kier alpha value is -2.52. The predicted molar refractivity (Wildman–Crippen MR) is 101 cm³/mol. The highest BCUT2D eigenvalue weighted by atomic mass is 16.1. The van der Waals surface area contributed by atoms with Crippen LogP contribution in [0.5, 0.6) is 0 Å². The normalized spacial score (nSPS) is 18.3. The van der Waals surface area contributed by atoms with E-state index in [1.807, 2.05) is 36.5 Å². The summed E-state index contributed by atoms with van der Waals surface area (Å²) in [7, 11) is 0. The number of pyridine rings is 1. The molecular formula is C22H22N2O. The van der Waals surface area contributed by atoms with Crippen LogP contribution in [0.3, 0.4) is 0 Å². The summed E-state index contributed by atoms with van der Waals surface area (Å²) in [4.78, 5) is 19.7. The molecular weight excluding hydrogens is 308 g/mol. The van der Waals surface area contributed by atoms with Crippen LogP contribution in [0.25, 0.3) is 10.8 Å². The summed E-state index contributed by atoms with van der Waals surface area (Å²) in [5.41, 5.74) is 2.08. The van der Waals surface area contributed by atoms with Gasteiger partial charge in [-0.05, 0) is 41.8 Å². The third kappa shape index (κ3) is 3.47. The van der Waals surface area contributed by atoms with Crippen LogP contribution in [0.1, 0.15) is 28.8 Å².